The van der Waals surface area contributed by atoms with Gasteiger partial charge < -0.3 is 9.64 Å². The molecule has 2 aromatic rings. The molecule has 0 unspecified atom stereocenters. The van der Waals surface area contributed by atoms with Gasteiger partial charge in [0.15, 0.2) is 0 Å². The fraction of sp³-hybridized carbons (Fsp3) is 0.550. The van der Waals surface area contributed by atoms with Crippen LogP contribution in [0.15, 0.2) is 30.5 Å². The van der Waals surface area contributed by atoms with E-state index in [0.29, 0.717) is 24.7 Å². The Bertz CT molecular complexity index is 721. The predicted molar refractivity (Wildman–Crippen MR) is 99.7 cm³/mol. The minimum atomic E-state index is -0.0174. The average molecular weight is 356 g/mol. The Kier molecular flexibility index (Phi) is 6.04. The molecule has 3 heterocycles. The van der Waals surface area contributed by atoms with E-state index in [0.717, 1.165) is 37.3 Å². The molecule has 3 rings (SSSR count). The number of amides is 1. The van der Waals surface area contributed by atoms with Gasteiger partial charge in [0.05, 0.1) is 24.0 Å². The number of aryl methyl sites for hydroxylation is 1. The highest BCUT2D eigenvalue weighted by Gasteiger charge is 2.26. The summed E-state index contributed by atoms with van der Waals surface area (Å²) in [4.78, 5) is 19.5. The van der Waals surface area contributed by atoms with Gasteiger partial charge in [0.25, 0.3) is 5.91 Å². The van der Waals surface area contributed by atoms with Crippen LogP contribution in [0.4, 0.5) is 0 Å². The van der Waals surface area contributed by atoms with Gasteiger partial charge in [0, 0.05) is 26.4 Å². The molecule has 1 fully saturated rings. The lowest BCUT2D eigenvalue weighted by Gasteiger charge is -2.25. The van der Waals surface area contributed by atoms with E-state index in [4.69, 9.17) is 4.74 Å². The third kappa shape index (κ3) is 4.69. The predicted octanol–water partition coefficient (Wildman–Crippen LogP) is 2.84. The van der Waals surface area contributed by atoms with Gasteiger partial charge in [0.1, 0.15) is 5.69 Å². The van der Waals surface area contributed by atoms with Crippen molar-refractivity contribution in [3.05, 3.63) is 47.5 Å². The Morgan fingerprint density at radius 1 is 1.38 bits per heavy atom. The molecule has 140 valence electrons. The lowest BCUT2D eigenvalue weighted by molar-refractivity contribution is 0.0496. The van der Waals surface area contributed by atoms with Crippen LogP contribution in [0.2, 0.25) is 0 Å². The lowest BCUT2D eigenvalue weighted by atomic mass is 10.1. The third-order valence-corrected chi connectivity index (χ3v) is 4.58. The summed E-state index contributed by atoms with van der Waals surface area (Å²) >= 11 is 0. The number of hydrogen-bond acceptors (Lipinski definition) is 4. The number of hydrogen-bond donors (Lipinski definition) is 0. The molecule has 1 aliphatic heterocycles. The molecule has 1 atom stereocenters. The van der Waals surface area contributed by atoms with Crippen LogP contribution in [0, 0.1) is 5.92 Å². The maximum atomic E-state index is 13.2. The number of rotatable bonds is 7. The Morgan fingerprint density at radius 3 is 2.88 bits per heavy atom. The fourth-order valence-corrected chi connectivity index (χ4v) is 3.35. The van der Waals surface area contributed by atoms with Crippen molar-refractivity contribution in [1.82, 2.24) is 19.7 Å². The van der Waals surface area contributed by atoms with Crippen molar-refractivity contribution in [3.8, 4) is 0 Å². The van der Waals surface area contributed by atoms with E-state index in [1.54, 1.807) is 10.9 Å². The SMILES string of the molecule is CC(C)Cc1cc(C(=O)N(Cc2ccccn2)C[C@@H]2CCCO2)n(C)n1. The first-order chi connectivity index (χ1) is 12.5. The lowest BCUT2D eigenvalue weighted by Crippen LogP contribution is -2.38. The maximum absolute atomic E-state index is 13.2. The van der Waals surface area contributed by atoms with Crippen molar-refractivity contribution in [3.63, 3.8) is 0 Å². The second kappa shape index (κ2) is 8.45. The van der Waals surface area contributed by atoms with Crippen LogP contribution < -0.4 is 0 Å². The molecule has 0 spiro atoms. The van der Waals surface area contributed by atoms with Gasteiger partial charge in [-0.25, -0.2) is 0 Å². The summed E-state index contributed by atoms with van der Waals surface area (Å²) in [6, 6.07) is 7.70. The fourth-order valence-electron chi connectivity index (χ4n) is 3.35. The Balaban J connectivity index is 1.80. The molecule has 0 bridgehead atoms. The van der Waals surface area contributed by atoms with Gasteiger partial charge in [-0.15, -0.1) is 0 Å². The molecule has 0 aromatic carbocycles. The molecule has 0 N–H and O–H groups in total. The summed E-state index contributed by atoms with van der Waals surface area (Å²) in [5.41, 5.74) is 2.46. The van der Waals surface area contributed by atoms with Gasteiger partial charge in [0.2, 0.25) is 0 Å². The molecule has 1 aliphatic rings. The van der Waals surface area contributed by atoms with Crippen molar-refractivity contribution in [1.29, 1.82) is 0 Å². The second-order valence-corrected chi connectivity index (χ2v) is 7.38. The van der Waals surface area contributed by atoms with Gasteiger partial charge >= 0.3 is 0 Å². The molecule has 1 amide bonds. The number of carbonyl (C=O) groups is 1. The zero-order valence-corrected chi connectivity index (χ0v) is 15.9. The van der Waals surface area contributed by atoms with E-state index in [2.05, 4.69) is 23.9 Å². The van der Waals surface area contributed by atoms with E-state index < -0.39 is 0 Å². The highest BCUT2D eigenvalue weighted by Crippen LogP contribution is 2.18. The van der Waals surface area contributed by atoms with Crippen molar-refractivity contribution in [2.24, 2.45) is 13.0 Å². The first-order valence-electron chi connectivity index (χ1n) is 9.36. The van der Waals surface area contributed by atoms with Crippen molar-refractivity contribution in [2.45, 2.75) is 45.8 Å². The Morgan fingerprint density at radius 2 is 2.23 bits per heavy atom. The minimum Gasteiger partial charge on any atom is -0.376 e. The van der Waals surface area contributed by atoms with E-state index in [-0.39, 0.29) is 12.0 Å². The van der Waals surface area contributed by atoms with Gasteiger partial charge in [-0.05, 0) is 43.4 Å². The van der Waals surface area contributed by atoms with E-state index in [1.807, 2.05) is 36.2 Å². The van der Waals surface area contributed by atoms with E-state index in [1.165, 1.54) is 0 Å². The van der Waals surface area contributed by atoms with Crippen molar-refractivity contribution < 1.29 is 9.53 Å². The van der Waals surface area contributed by atoms with Crippen LogP contribution in [0.5, 0.6) is 0 Å². The first-order valence-corrected chi connectivity index (χ1v) is 9.36. The maximum Gasteiger partial charge on any atom is 0.272 e. The number of aromatic nitrogens is 3. The molecule has 0 saturated carbocycles. The zero-order chi connectivity index (χ0) is 18.5. The quantitative estimate of drug-likeness (QED) is 0.765. The van der Waals surface area contributed by atoms with E-state index >= 15 is 0 Å². The van der Waals surface area contributed by atoms with Crippen LogP contribution in [0.1, 0.15) is 48.6 Å². The normalized spacial score (nSPS) is 17.0. The first kappa shape index (κ1) is 18.6. The summed E-state index contributed by atoms with van der Waals surface area (Å²) in [5.74, 6) is 0.487. The number of ether oxygens (including phenoxy) is 1. The molecule has 6 heteroatoms. The van der Waals surface area contributed by atoms with Crippen LogP contribution in [-0.2, 0) is 24.8 Å². The largest absolute Gasteiger partial charge is 0.376 e. The van der Waals surface area contributed by atoms with Crippen molar-refractivity contribution >= 4 is 5.91 Å². The highest BCUT2D eigenvalue weighted by atomic mass is 16.5. The topological polar surface area (TPSA) is 60.3 Å². The number of pyridine rings is 1. The molecule has 2 aromatic heterocycles. The Hall–Kier alpha value is -2.21. The Labute approximate surface area is 155 Å². The van der Waals surface area contributed by atoms with Gasteiger partial charge in [-0.1, -0.05) is 19.9 Å². The standard InChI is InChI=1S/C20H28N4O2/c1-15(2)11-17-12-19(23(3)22-17)20(25)24(14-18-8-6-10-26-18)13-16-7-4-5-9-21-16/h4-5,7,9,12,15,18H,6,8,10-11,13-14H2,1-3H3/t18-/m0/s1. The van der Waals surface area contributed by atoms with E-state index in [9.17, 15) is 4.79 Å². The van der Waals surface area contributed by atoms with Gasteiger partial charge in [-0.3, -0.25) is 14.5 Å². The number of carbonyl (C=O) groups excluding carboxylic acids is 1. The molecule has 6 nitrogen and oxygen atoms in total. The molecular weight excluding hydrogens is 328 g/mol. The summed E-state index contributed by atoms with van der Waals surface area (Å²) in [5, 5.41) is 4.52. The summed E-state index contributed by atoms with van der Waals surface area (Å²) in [6.45, 7) is 6.15. The zero-order valence-electron chi connectivity index (χ0n) is 15.9. The molecule has 0 aliphatic carbocycles. The molecule has 1 saturated heterocycles. The van der Waals surface area contributed by atoms with Crippen LogP contribution in [0.25, 0.3) is 0 Å². The summed E-state index contributed by atoms with van der Waals surface area (Å²) in [7, 11) is 1.84. The third-order valence-electron chi connectivity index (χ3n) is 4.58. The average Bonchev–Trinajstić information content (AvgIpc) is 3.23. The van der Waals surface area contributed by atoms with Crippen LogP contribution in [0.3, 0.4) is 0 Å². The number of nitrogens with zero attached hydrogens (tertiary/aromatic N) is 4. The van der Waals surface area contributed by atoms with Gasteiger partial charge in [-0.2, -0.15) is 5.10 Å². The summed E-state index contributed by atoms with van der Waals surface area (Å²) in [6.07, 6.45) is 4.78. The van der Waals surface area contributed by atoms with Crippen LogP contribution in [-0.4, -0.2) is 44.8 Å². The van der Waals surface area contributed by atoms with Crippen LogP contribution >= 0.6 is 0 Å². The smallest absolute Gasteiger partial charge is 0.272 e. The second-order valence-electron chi connectivity index (χ2n) is 7.38. The minimum absolute atomic E-state index is 0.0174. The molecule has 0 radical (unpaired) electrons. The molecule has 26 heavy (non-hydrogen) atoms. The monoisotopic (exact) mass is 356 g/mol. The van der Waals surface area contributed by atoms with Crippen molar-refractivity contribution in [2.75, 3.05) is 13.2 Å². The highest BCUT2D eigenvalue weighted by molar-refractivity contribution is 5.92. The molecular formula is C20H28N4O2. The summed E-state index contributed by atoms with van der Waals surface area (Å²) < 4.78 is 7.45.